The number of nitrogens with zero attached hydrogens (tertiary/aromatic N) is 2. The number of aromatic amines is 1. The highest BCUT2D eigenvalue weighted by atomic mass is 16.6. The van der Waals surface area contributed by atoms with Crippen molar-refractivity contribution in [1.82, 2.24) is 14.9 Å². The van der Waals surface area contributed by atoms with E-state index in [1.807, 2.05) is 19.9 Å². The molecule has 1 saturated carbocycles. The maximum absolute atomic E-state index is 12.9. The molecule has 3 aromatic rings. The van der Waals surface area contributed by atoms with Gasteiger partial charge >= 0.3 is 5.97 Å². The first-order valence-electron chi connectivity index (χ1n) is 14.6. The number of aromatic nitrogens is 2. The Morgan fingerprint density at radius 3 is 2.38 bits per heavy atom. The molecule has 0 aliphatic heterocycles. The zero-order chi connectivity index (χ0) is 27.4. The first-order valence-corrected chi connectivity index (χ1v) is 14.6. The average Bonchev–Trinajstić information content (AvgIpc) is 3.33. The predicted molar refractivity (Wildman–Crippen MR) is 158 cm³/mol. The van der Waals surface area contributed by atoms with E-state index in [-0.39, 0.29) is 17.8 Å². The molecule has 1 heterocycles. The summed E-state index contributed by atoms with van der Waals surface area (Å²) in [5.74, 6) is 1.59. The SMILES string of the molecule is Cc1[nH]c(CCCN(C)CC[C@]2(OC(=O)C(C)C)C[C@H]3CC[C@H]2C=C3c2ccccc2)nc1-c1ccccc1. The van der Waals surface area contributed by atoms with Crippen molar-refractivity contribution >= 4 is 11.5 Å². The van der Waals surface area contributed by atoms with Crippen LogP contribution in [-0.2, 0) is 16.0 Å². The van der Waals surface area contributed by atoms with Gasteiger partial charge in [0.15, 0.2) is 0 Å². The van der Waals surface area contributed by atoms with E-state index in [4.69, 9.17) is 9.72 Å². The second kappa shape index (κ2) is 11.9. The maximum atomic E-state index is 12.9. The van der Waals surface area contributed by atoms with Crippen molar-refractivity contribution in [3.8, 4) is 11.3 Å². The third-order valence-corrected chi connectivity index (χ3v) is 8.65. The van der Waals surface area contributed by atoms with Gasteiger partial charge in [-0.2, -0.15) is 0 Å². The fourth-order valence-corrected chi connectivity index (χ4v) is 6.43. The number of imidazole rings is 1. The van der Waals surface area contributed by atoms with Crippen LogP contribution in [0.3, 0.4) is 0 Å². The van der Waals surface area contributed by atoms with Crippen LogP contribution in [0.1, 0.15) is 63.0 Å². The molecule has 0 saturated heterocycles. The third kappa shape index (κ3) is 6.19. The van der Waals surface area contributed by atoms with Crippen molar-refractivity contribution < 1.29 is 9.53 Å². The minimum atomic E-state index is -0.403. The number of nitrogens with one attached hydrogen (secondary N) is 1. The molecule has 3 aliphatic rings. The van der Waals surface area contributed by atoms with E-state index in [0.717, 1.165) is 68.0 Å². The summed E-state index contributed by atoms with van der Waals surface area (Å²) in [6.45, 7) is 7.86. The lowest BCUT2D eigenvalue weighted by Gasteiger charge is -2.50. The van der Waals surface area contributed by atoms with Crippen LogP contribution in [-0.4, -0.2) is 46.6 Å². The number of carbonyl (C=O) groups is 1. The van der Waals surface area contributed by atoms with Gasteiger partial charge in [-0.25, -0.2) is 4.98 Å². The normalized spacial score (nSPS) is 22.4. The number of hydrogen-bond acceptors (Lipinski definition) is 4. The summed E-state index contributed by atoms with van der Waals surface area (Å²) in [5, 5.41) is 0. The summed E-state index contributed by atoms with van der Waals surface area (Å²) in [6.07, 6.45) is 8.45. The van der Waals surface area contributed by atoms with E-state index >= 15 is 0 Å². The maximum Gasteiger partial charge on any atom is 0.308 e. The van der Waals surface area contributed by atoms with Gasteiger partial charge in [-0.3, -0.25) is 4.79 Å². The molecule has 3 atom stereocenters. The lowest BCUT2D eigenvalue weighted by Crippen LogP contribution is -2.51. The average molecular weight is 526 g/mol. The van der Waals surface area contributed by atoms with E-state index in [2.05, 4.69) is 84.5 Å². The number of hydrogen-bond donors (Lipinski definition) is 1. The Bertz CT molecular complexity index is 1280. The molecule has 1 N–H and O–H groups in total. The zero-order valence-corrected chi connectivity index (χ0v) is 24.0. The summed E-state index contributed by atoms with van der Waals surface area (Å²) < 4.78 is 6.42. The fraction of sp³-hybridized carbons (Fsp3) is 0.471. The second-order valence-electron chi connectivity index (χ2n) is 11.9. The standard InChI is InChI=1S/C34H43N3O2/c1-24(2)33(38)39-34(23-28-17-18-29(34)22-30(28)26-12-7-5-8-13-26)19-21-37(4)20-11-16-31-35-25(3)32(36-31)27-14-9-6-10-15-27/h5-10,12-15,22,24,28-29H,11,16-21,23H2,1-4H3,(H,35,36)/t28-,29+,34+/m1/s1. The largest absolute Gasteiger partial charge is 0.458 e. The Morgan fingerprint density at radius 2 is 1.74 bits per heavy atom. The van der Waals surface area contributed by atoms with Crippen LogP contribution < -0.4 is 0 Å². The van der Waals surface area contributed by atoms with Crippen LogP contribution in [0, 0.1) is 24.7 Å². The monoisotopic (exact) mass is 525 g/mol. The topological polar surface area (TPSA) is 58.2 Å². The van der Waals surface area contributed by atoms with E-state index < -0.39 is 5.60 Å². The minimum Gasteiger partial charge on any atom is -0.458 e. The molecule has 1 fully saturated rings. The smallest absolute Gasteiger partial charge is 0.308 e. The summed E-state index contributed by atoms with van der Waals surface area (Å²) in [6, 6.07) is 21.1. The van der Waals surface area contributed by atoms with Crippen molar-refractivity contribution in [2.24, 2.45) is 17.8 Å². The van der Waals surface area contributed by atoms with Gasteiger partial charge in [-0.1, -0.05) is 80.6 Å². The molecule has 5 nitrogen and oxygen atoms in total. The number of aryl methyl sites for hydroxylation is 2. The number of allylic oxidation sites excluding steroid dienone is 1. The number of fused-ring (bicyclic) bond motifs is 2. The molecule has 206 valence electrons. The molecule has 6 rings (SSSR count). The summed E-state index contributed by atoms with van der Waals surface area (Å²) >= 11 is 0. The Morgan fingerprint density at radius 1 is 1.05 bits per heavy atom. The molecule has 2 bridgehead atoms. The number of ether oxygens (including phenoxy) is 1. The fourth-order valence-electron chi connectivity index (χ4n) is 6.43. The Hall–Kier alpha value is -3.18. The molecule has 39 heavy (non-hydrogen) atoms. The molecule has 1 aromatic heterocycles. The highest BCUT2D eigenvalue weighted by Crippen LogP contribution is 2.53. The van der Waals surface area contributed by atoms with Crippen molar-refractivity contribution in [1.29, 1.82) is 0 Å². The first-order chi connectivity index (χ1) is 18.8. The van der Waals surface area contributed by atoms with E-state index in [0.29, 0.717) is 5.92 Å². The molecule has 3 aliphatic carbocycles. The second-order valence-corrected chi connectivity index (χ2v) is 11.9. The lowest BCUT2D eigenvalue weighted by molar-refractivity contribution is -0.176. The third-order valence-electron chi connectivity index (χ3n) is 8.65. The molecule has 0 amide bonds. The first kappa shape index (κ1) is 27.4. The van der Waals surface area contributed by atoms with Crippen molar-refractivity contribution in [2.45, 2.75) is 64.9 Å². The van der Waals surface area contributed by atoms with Crippen LogP contribution in [0.5, 0.6) is 0 Å². The predicted octanol–water partition coefficient (Wildman–Crippen LogP) is 7.09. The molecule has 0 unspecified atom stereocenters. The van der Waals surface area contributed by atoms with Gasteiger partial charge in [0, 0.05) is 36.6 Å². The summed E-state index contributed by atoms with van der Waals surface area (Å²) in [4.78, 5) is 23.6. The molecule has 0 spiro atoms. The molecule has 5 heteroatoms. The number of esters is 1. The quantitative estimate of drug-likeness (QED) is 0.272. The highest BCUT2D eigenvalue weighted by Gasteiger charge is 2.50. The van der Waals surface area contributed by atoms with Crippen molar-refractivity contribution in [2.75, 3.05) is 20.1 Å². The van der Waals surface area contributed by atoms with Crippen molar-refractivity contribution in [3.05, 3.63) is 83.8 Å². The van der Waals surface area contributed by atoms with Gasteiger partial charge in [0.05, 0.1) is 11.6 Å². The molecular formula is C34H43N3O2. The van der Waals surface area contributed by atoms with Crippen LogP contribution >= 0.6 is 0 Å². The van der Waals surface area contributed by atoms with Gasteiger partial charge in [0.1, 0.15) is 11.4 Å². The molecule has 2 aromatic carbocycles. The molecular weight excluding hydrogens is 482 g/mol. The van der Waals surface area contributed by atoms with Gasteiger partial charge in [-0.15, -0.1) is 0 Å². The van der Waals surface area contributed by atoms with Crippen LogP contribution in [0.25, 0.3) is 16.8 Å². The van der Waals surface area contributed by atoms with E-state index in [9.17, 15) is 4.79 Å². The number of benzene rings is 2. The zero-order valence-electron chi connectivity index (χ0n) is 24.0. The number of carbonyl (C=O) groups excluding carboxylic acids is 1. The summed E-state index contributed by atoms with van der Waals surface area (Å²) in [7, 11) is 2.19. The summed E-state index contributed by atoms with van der Waals surface area (Å²) in [5.41, 5.74) is 5.68. The minimum absolute atomic E-state index is 0.0673. The number of H-pyrrole nitrogens is 1. The van der Waals surface area contributed by atoms with Crippen LogP contribution in [0.4, 0.5) is 0 Å². The Labute approximate surface area is 233 Å². The molecule has 0 radical (unpaired) electrons. The van der Waals surface area contributed by atoms with E-state index in [1.54, 1.807) is 0 Å². The van der Waals surface area contributed by atoms with Gasteiger partial charge < -0.3 is 14.6 Å². The van der Waals surface area contributed by atoms with Crippen LogP contribution in [0.2, 0.25) is 0 Å². The lowest BCUT2D eigenvalue weighted by atomic mass is 9.60. The Balaban J connectivity index is 1.21. The van der Waals surface area contributed by atoms with E-state index in [1.165, 1.54) is 17.6 Å². The van der Waals surface area contributed by atoms with Gasteiger partial charge in [-0.05, 0) is 63.3 Å². The number of rotatable bonds is 11. The van der Waals surface area contributed by atoms with Crippen molar-refractivity contribution in [3.63, 3.8) is 0 Å². The highest BCUT2D eigenvalue weighted by molar-refractivity contribution is 5.74. The van der Waals surface area contributed by atoms with Crippen LogP contribution in [0.15, 0.2) is 66.7 Å². The van der Waals surface area contributed by atoms with Gasteiger partial charge in [0.25, 0.3) is 0 Å². The Kier molecular flexibility index (Phi) is 8.37. The van der Waals surface area contributed by atoms with Gasteiger partial charge in [0.2, 0.25) is 0 Å².